The van der Waals surface area contributed by atoms with Crippen molar-refractivity contribution < 1.29 is 9.53 Å². The molecule has 1 amide bonds. The molecule has 2 N–H and O–H groups in total. The molecular weight excluding hydrogens is 204 g/mol. The summed E-state index contributed by atoms with van der Waals surface area (Å²) in [5.41, 5.74) is 6.21. The SMILES string of the molecule is Nc1ccc(OC(=O)N2CCCCC2)cc1. The lowest BCUT2D eigenvalue weighted by molar-refractivity contribution is 0.142. The van der Waals surface area contributed by atoms with E-state index in [1.807, 2.05) is 0 Å². The minimum atomic E-state index is -0.260. The van der Waals surface area contributed by atoms with Crippen molar-refractivity contribution in [3.8, 4) is 5.75 Å². The van der Waals surface area contributed by atoms with Crippen molar-refractivity contribution in [2.75, 3.05) is 18.8 Å². The maximum atomic E-state index is 11.7. The predicted molar refractivity (Wildman–Crippen MR) is 62.3 cm³/mol. The first-order valence-corrected chi connectivity index (χ1v) is 5.58. The molecule has 2 rings (SSSR count). The molecule has 1 aromatic rings. The first-order chi connectivity index (χ1) is 7.75. The van der Waals surface area contributed by atoms with E-state index in [0.29, 0.717) is 11.4 Å². The number of piperidine rings is 1. The monoisotopic (exact) mass is 220 g/mol. The lowest BCUT2D eigenvalue weighted by atomic mass is 10.1. The van der Waals surface area contributed by atoms with Crippen LogP contribution < -0.4 is 10.5 Å². The number of carbonyl (C=O) groups excluding carboxylic acids is 1. The first-order valence-electron chi connectivity index (χ1n) is 5.58. The average Bonchev–Trinajstić information content (AvgIpc) is 2.33. The molecule has 0 atom stereocenters. The normalized spacial score (nSPS) is 15.9. The van der Waals surface area contributed by atoms with Gasteiger partial charge in [-0.1, -0.05) is 0 Å². The summed E-state index contributed by atoms with van der Waals surface area (Å²) in [6.45, 7) is 1.60. The van der Waals surface area contributed by atoms with Crippen molar-refractivity contribution in [1.82, 2.24) is 4.90 Å². The number of likely N-dealkylation sites (tertiary alicyclic amines) is 1. The number of amides is 1. The Balaban J connectivity index is 1.93. The van der Waals surface area contributed by atoms with Gasteiger partial charge in [-0.3, -0.25) is 0 Å². The van der Waals surface area contributed by atoms with Gasteiger partial charge in [-0.15, -0.1) is 0 Å². The van der Waals surface area contributed by atoms with E-state index in [1.165, 1.54) is 6.42 Å². The maximum Gasteiger partial charge on any atom is 0.415 e. The zero-order valence-electron chi connectivity index (χ0n) is 9.19. The summed E-state index contributed by atoms with van der Waals surface area (Å²) in [7, 11) is 0. The number of hydrogen-bond acceptors (Lipinski definition) is 3. The number of ether oxygens (including phenoxy) is 1. The predicted octanol–water partition coefficient (Wildman–Crippen LogP) is 2.25. The zero-order chi connectivity index (χ0) is 11.4. The Labute approximate surface area is 95.0 Å². The standard InChI is InChI=1S/C12H16N2O2/c13-10-4-6-11(7-5-10)16-12(15)14-8-2-1-3-9-14/h4-7H,1-3,8-9,13H2. The van der Waals surface area contributed by atoms with Crippen molar-refractivity contribution in [1.29, 1.82) is 0 Å². The highest BCUT2D eigenvalue weighted by Gasteiger charge is 2.17. The topological polar surface area (TPSA) is 55.6 Å². The number of hydrogen-bond donors (Lipinski definition) is 1. The van der Waals surface area contributed by atoms with E-state index in [4.69, 9.17) is 10.5 Å². The van der Waals surface area contributed by atoms with Gasteiger partial charge < -0.3 is 15.4 Å². The van der Waals surface area contributed by atoms with Crippen LogP contribution in [0.1, 0.15) is 19.3 Å². The summed E-state index contributed by atoms with van der Waals surface area (Å²) < 4.78 is 5.24. The van der Waals surface area contributed by atoms with Crippen LogP contribution in [-0.2, 0) is 0 Å². The van der Waals surface area contributed by atoms with Crippen LogP contribution >= 0.6 is 0 Å². The summed E-state index contributed by atoms with van der Waals surface area (Å²) >= 11 is 0. The van der Waals surface area contributed by atoms with E-state index in [9.17, 15) is 4.79 Å². The Bertz CT molecular complexity index is 356. The van der Waals surface area contributed by atoms with Crippen molar-refractivity contribution in [3.63, 3.8) is 0 Å². The molecule has 0 aliphatic carbocycles. The van der Waals surface area contributed by atoms with Crippen LogP contribution in [0.4, 0.5) is 10.5 Å². The number of nitrogens with zero attached hydrogens (tertiary/aromatic N) is 1. The van der Waals surface area contributed by atoms with E-state index < -0.39 is 0 Å². The van der Waals surface area contributed by atoms with Crippen LogP contribution in [0.2, 0.25) is 0 Å². The van der Waals surface area contributed by atoms with Gasteiger partial charge in [0.05, 0.1) is 0 Å². The molecule has 1 fully saturated rings. The van der Waals surface area contributed by atoms with Gasteiger partial charge in [0.2, 0.25) is 0 Å². The second kappa shape index (κ2) is 4.88. The molecule has 0 bridgehead atoms. The molecule has 4 heteroatoms. The van der Waals surface area contributed by atoms with Crippen molar-refractivity contribution in [2.45, 2.75) is 19.3 Å². The Kier molecular flexibility index (Phi) is 3.29. The number of rotatable bonds is 1. The molecule has 1 aromatic carbocycles. The fourth-order valence-electron chi connectivity index (χ4n) is 1.78. The van der Waals surface area contributed by atoms with E-state index in [-0.39, 0.29) is 6.09 Å². The van der Waals surface area contributed by atoms with Gasteiger partial charge in [0.25, 0.3) is 0 Å². The molecule has 1 saturated heterocycles. The summed E-state index contributed by atoms with van der Waals surface area (Å²) in [6.07, 6.45) is 3.07. The van der Waals surface area contributed by atoms with Crippen LogP contribution in [0, 0.1) is 0 Å². The summed E-state index contributed by atoms with van der Waals surface area (Å²) in [6, 6.07) is 6.85. The zero-order valence-corrected chi connectivity index (χ0v) is 9.19. The van der Waals surface area contributed by atoms with Gasteiger partial charge in [0.15, 0.2) is 0 Å². The number of benzene rings is 1. The number of carbonyl (C=O) groups is 1. The molecule has 4 nitrogen and oxygen atoms in total. The quantitative estimate of drug-likeness (QED) is 0.738. The maximum absolute atomic E-state index is 11.7. The van der Waals surface area contributed by atoms with E-state index in [0.717, 1.165) is 25.9 Å². The third kappa shape index (κ3) is 2.66. The molecule has 1 heterocycles. The molecule has 0 unspecified atom stereocenters. The van der Waals surface area contributed by atoms with Crippen molar-refractivity contribution in [2.24, 2.45) is 0 Å². The van der Waals surface area contributed by atoms with Gasteiger partial charge in [0, 0.05) is 18.8 Å². The van der Waals surface area contributed by atoms with Crippen molar-refractivity contribution >= 4 is 11.8 Å². The minimum absolute atomic E-state index is 0.260. The Hall–Kier alpha value is -1.71. The fraction of sp³-hybridized carbons (Fsp3) is 0.417. The van der Waals surface area contributed by atoms with Gasteiger partial charge in [-0.2, -0.15) is 0 Å². The van der Waals surface area contributed by atoms with Crippen LogP contribution in [-0.4, -0.2) is 24.1 Å². The molecule has 0 saturated carbocycles. The second-order valence-electron chi connectivity index (χ2n) is 3.98. The summed E-state index contributed by atoms with van der Waals surface area (Å²) in [5.74, 6) is 0.546. The van der Waals surface area contributed by atoms with Gasteiger partial charge in [-0.25, -0.2) is 4.79 Å². The third-order valence-electron chi connectivity index (χ3n) is 2.70. The molecule has 0 aromatic heterocycles. The Morgan fingerprint density at radius 3 is 2.38 bits per heavy atom. The molecular formula is C12H16N2O2. The van der Waals surface area contributed by atoms with Crippen molar-refractivity contribution in [3.05, 3.63) is 24.3 Å². The second-order valence-corrected chi connectivity index (χ2v) is 3.98. The van der Waals surface area contributed by atoms with Crippen LogP contribution in [0.25, 0.3) is 0 Å². The molecule has 16 heavy (non-hydrogen) atoms. The highest BCUT2D eigenvalue weighted by atomic mass is 16.6. The fourth-order valence-corrected chi connectivity index (χ4v) is 1.78. The minimum Gasteiger partial charge on any atom is -0.410 e. The number of nitrogen functional groups attached to an aromatic ring is 1. The average molecular weight is 220 g/mol. The first kappa shape index (κ1) is 10.8. The van der Waals surface area contributed by atoms with E-state index in [2.05, 4.69) is 0 Å². The van der Waals surface area contributed by atoms with Gasteiger partial charge in [-0.05, 0) is 43.5 Å². The molecule has 1 aliphatic heterocycles. The molecule has 1 aliphatic rings. The Morgan fingerprint density at radius 2 is 1.75 bits per heavy atom. The summed E-state index contributed by atoms with van der Waals surface area (Å²) in [5, 5.41) is 0. The summed E-state index contributed by atoms with van der Waals surface area (Å²) in [4.78, 5) is 13.5. The molecule has 0 spiro atoms. The van der Waals surface area contributed by atoms with Crippen LogP contribution in [0.3, 0.4) is 0 Å². The molecule has 86 valence electrons. The Morgan fingerprint density at radius 1 is 1.12 bits per heavy atom. The lowest BCUT2D eigenvalue weighted by Crippen LogP contribution is -2.37. The highest BCUT2D eigenvalue weighted by molar-refractivity contribution is 5.70. The number of nitrogens with two attached hydrogens (primary N) is 1. The third-order valence-corrected chi connectivity index (χ3v) is 2.70. The van der Waals surface area contributed by atoms with Crippen LogP contribution in [0.5, 0.6) is 5.75 Å². The molecule has 0 radical (unpaired) electrons. The smallest absolute Gasteiger partial charge is 0.410 e. The highest BCUT2D eigenvalue weighted by Crippen LogP contribution is 2.16. The number of anilines is 1. The van der Waals surface area contributed by atoms with E-state index in [1.54, 1.807) is 29.2 Å². The largest absolute Gasteiger partial charge is 0.415 e. The lowest BCUT2D eigenvalue weighted by Gasteiger charge is -2.25. The van der Waals surface area contributed by atoms with Crippen LogP contribution in [0.15, 0.2) is 24.3 Å². The van der Waals surface area contributed by atoms with E-state index >= 15 is 0 Å². The van der Waals surface area contributed by atoms with Gasteiger partial charge in [0.1, 0.15) is 5.75 Å². The van der Waals surface area contributed by atoms with Gasteiger partial charge >= 0.3 is 6.09 Å².